The zero-order chi connectivity index (χ0) is 14.0. The average Bonchev–Trinajstić information content (AvgIpc) is 2.36. The van der Waals surface area contributed by atoms with Gasteiger partial charge < -0.3 is 14.9 Å². The summed E-state index contributed by atoms with van der Waals surface area (Å²) in [6.45, 7) is 2.53. The summed E-state index contributed by atoms with van der Waals surface area (Å²) in [5.41, 5.74) is 0.687. The first-order valence-corrected chi connectivity index (χ1v) is 6.44. The summed E-state index contributed by atoms with van der Waals surface area (Å²) in [7, 11) is 1.76. The van der Waals surface area contributed by atoms with Gasteiger partial charge in [0.25, 0.3) is 0 Å². The van der Waals surface area contributed by atoms with E-state index in [0.717, 1.165) is 0 Å². The summed E-state index contributed by atoms with van der Waals surface area (Å²) in [5, 5.41) is 9.16. The smallest absolute Gasteiger partial charge is 0.245 e. The van der Waals surface area contributed by atoms with E-state index in [0.29, 0.717) is 18.7 Å². The topological polar surface area (TPSA) is 43.8 Å². The van der Waals surface area contributed by atoms with E-state index in [1.54, 1.807) is 24.1 Å². The van der Waals surface area contributed by atoms with Crippen LogP contribution in [-0.4, -0.2) is 48.2 Å². The van der Waals surface area contributed by atoms with Crippen molar-refractivity contribution >= 4 is 11.6 Å². The molecule has 1 fully saturated rings. The molecule has 104 valence electrons. The minimum atomic E-state index is -0.430. The molecule has 1 heterocycles. The van der Waals surface area contributed by atoms with E-state index in [1.165, 1.54) is 12.1 Å². The Bertz CT molecular complexity index is 467. The van der Waals surface area contributed by atoms with Crippen LogP contribution in [-0.2, 0) is 4.79 Å². The maximum atomic E-state index is 13.4. The van der Waals surface area contributed by atoms with Crippen molar-refractivity contribution in [1.29, 1.82) is 0 Å². The lowest BCUT2D eigenvalue weighted by atomic mass is 10.0. The van der Waals surface area contributed by atoms with Crippen LogP contribution in [0.3, 0.4) is 0 Å². The first kappa shape index (κ1) is 13.8. The SMILES string of the molecule is CC1CN(C)C(=O)C(CCO)N1c1cccc(F)c1. The summed E-state index contributed by atoms with van der Waals surface area (Å²) in [4.78, 5) is 15.8. The molecule has 1 saturated heterocycles. The van der Waals surface area contributed by atoms with E-state index in [2.05, 4.69) is 0 Å². The third kappa shape index (κ3) is 2.71. The molecule has 2 unspecified atom stereocenters. The molecule has 1 N–H and O–H groups in total. The van der Waals surface area contributed by atoms with Crippen molar-refractivity contribution in [3.8, 4) is 0 Å². The van der Waals surface area contributed by atoms with Gasteiger partial charge in [-0.2, -0.15) is 0 Å². The van der Waals surface area contributed by atoms with Gasteiger partial charge in [-0.15, -0.1) is 0 Å². The van der Waals surface area contributed by atoms with Crippen molar-refractivity contribution in [2.45, 2.75) is 25.4 Å². The number of hydrogen-bond acceptors (Lipinski definition) is 3. The number of amides is 1. The van der Waals surface area contributed by atoms with Crippen LogP contribution in [0.1, 0.15) is 13.3 Å². The van der Waals surface area contributed by atoms with E-state index >= 15 is 0 Å². The second kappa shape index (κ2) is 5.57. The van der Waals surface area contributed by atoms with E-state index in [-0.39, 0.29) is 24.4 Å². The van der Waals surface area contributed by atoms with E-state index in [4.69, 9.17) is 5.11 Å². The van der Waals surface area contributed by atoms with Crippen LogP contribution in [0.2, 0.25) is 0 Å². The molecule has 0 aliphatic carbocycles. The third-order valence-corrected chi connectivity index (χ3v) is 3.52. The van der Waals surface area contributed by atoms with E-state index in [1.807, 2.05) is 11.8 Å². The van der Waals surface area contributed by atoms with Gasteiger partial charge >= 0.3 is 0 Å². The Morgan fingerprint density at radius 3 is 2.84 bits per heavy atom. The van der Waals surface area contributed by atoms with Gasteiger partial charge in [0.15, 0.2) is 0 Å². The zero-order valence-corrected chi connectivity index (χ0v) is 11.2. The van der Waals surface area contributed by atoms with Crippen molar-refractivity contribution in [3.63, 3.8) is 0 Å². The first-order chi connectivity index (χ1) is 9.04. The molecule has 0 radical (unpaired) electrons. The van der Waals surface area contributed by atoms with Gasteiger partial charge in [0.05, 0.1) is 0 Å². The number of aliphatic hydroxyl groups excluding tert-OH is 1. The molecule has 2 atom stereocenters. The Labute approximate surface area is 112 Å². The molecule has 19 heavy (non-hydrogen) atoms. The van der Waals surface area contributed by atoms with E-state index in [9.17, 15) is 9.18 Å². The van der Waals surface area contributed by atoms with Crippen LogP contribution < -0.4 is 4.90 Å². The molecule has 1 aliphatic heterocycles. The number of nitrogens with zero attached hydrogens (tertiary/aromatic N) is 2. The maximum absolute atomic E-state index is 13.4. The lowest BCUT2D eigenvalue weighted by Crippen LogP contribution is -2.60. The number of halogens is 1. The summed E-state index contributed by atoms with van der Waals surface area (Å²) < 4.78 is 13.4. The van der Waals surface area contributed by atoms with Crippen molar-refractivity contribution in [2.24, 2.45) is 0 Å². The Hall–Kier alpha value is -1.62. The van der Waals surface area contributed by atoms with Gasteiger partial charge in [0.1, 0.15) is 11.9 Å². The summed E-state index contributed by atoms with van der Waals surface area (Å²) in [6, 6.07) is 5.90. The molecular weight excluding hydrogens is 247 g/mol. The second-order valence-corrected chi connectivity index (χ2v) is 4.98. The molecule has 0 aromatic heterocycles. The van der Waals surface area contributed by atoms with Gasteiger partial charge in [0.2, 0.25) is 5.91 Å². The van der Waals surface area contributed by atoms with Crippen LogP contribution in [0.25, 0.3) is 0 Å². The standard InChI is InChI=1S/C14H19FN2O2/c1-10-9-16(2)14(19)13(6-7-18)17(10)12-5-3-4-11(15)8-12/h3-5,8,10,13,18H,6-7,9H2,1-2H3. The number of carbonyl (C=O) groups excluding carboxylic acids is 1. The van der Waals surface area contributed by atoms with Crippen molar-refractivity contribution in [2.75, 3.05) is 25.1 Å². The number of carbonyl (C=O) groups is 1. The highest BCUT2D eigenvalue weighted by Crippen LogP contribution is 2.26. The van der Waals surface area contributed by atoms with Crippen molar-refractivity contribution < 1.29 is 14.3 Å². The summed E-state index contributed by atoms with van der Waals surface area (Å²) >= 11 is 0. The predicted molar refractivity (Wildman–Crippen MR) is 71.5 cm³/mol. The second-order valence-electron chi connectivity index (χ2n) is 4.98. The van der Waals surface area contributed by atoms with Crippen LogP contribution in [0.15, 0.2) is 24.3 Å². The molecule has 1 aromatic rings. The summed E-state index contributed by atoms with van der Waals surface area (Å²) in [6.07, 6.45) is 0.351. The maximum Gasteiger partial charge on any atom is 0.245 e. The molecule has 0 bridgehead atoms. The van der Waals surface area contributed by atoms with Gasteiger partial charge in [0, 0.05) is 31.9 Å². The van der Waals surface area contributed by atoms with Gasteiger partial charge in [-0.1, -0.05) is 6.07 Å². The Morgan fingerprint density at radius 1 is 1.47 bits per heavy atom. The molecule has 0 spiro atoms. The highest BCUT2D eigenvalue weighted by Gasteiger charge is 2.36. The number of aliphatic hydroxyl groups is 1. The molecule has 1 aromatic carbocycles. The minimum Gasteiger partial charge on any atom is -0.396 e. The molecule has 2 rings (SSSR count). The number of anilines is 1. The largest absolute Gasteiger partial charge is 0.396 e. The Balaban J connectivity index is 2.36. The molecule has 4 nitrogen and oxygen atoms in total. The van der Waals surface area contributed by atoms with Gasteiger partial charge in [-0.3, -0.25) is 4.79 Å². The first-order valence-electron chi connectivity index (χ1n) is 6.44. The molecule has 0 saturated carbocycles. The van der Waals surface area contributed by atoms with Gasteiger partial charge in [-0.25, -0.2) is 4.39 Å². The van der Waals surface area contributed by atoms with Crippen molar-refractivity contribution in [3.05, 3.63) is 30.1 Å². The summed E-state index contributed by atoms with van der Waals surface area (Å²) in [5.74, 6) is -0.352. The highest BCUT2D eigenvalue weighted by molar-refractivity contribution is 5.86. The molecule has 1 aliphatic rings. The average molecular weight is 266 g/mol. The van der Waals surface area contributed by atoms with Crippen molar-refractivity contribution in [1.82, 2.24) is 4.90 Å². The van der Waals surface area contributed by atoms with Gasteiger partial charge in [-0.05, 0) is 31.5 Å². The highest BCUT2D eigenvalue weighted by atomic mass is 19.1. The van der Waals surface area contributed by atoms with Crippen LogP contribution in [0.5, 0.6) is 0 Å². The van der Waals surface area contributed by atoms with Crippen LogP contribution >= 0.6 is 0 Å². The zero-order valence-electron chi connectivity index (χ0n) is 11.2. The van der Waals surface area contributed by atoms with E-state index < -0.39 is 6.04 Å². The minimum absolute atomic E-state index is 0.0311. The normalized spacial score (nSPS) is 23.9. The number of piperazine rings is 1. The lowest BCUT2D eigenvalue weighted by molar-refractivity contribution is -0.134. The molecule has 5 heteroatoms. The fourth-order valence-electron chi connectivity index (χ4n) is 2.71. The number of hydrogen-bond donors (Lipinski definition) is 1. The molecular formula is C14H19FN2O2. The fraction of sp³-hybridized carbons (Fsp3) is 0.500. The number of rotatable bonds is 3. The number of likely N-dealkylation sites (N-methyl/N-ethyl adjacent to an activating group) is 1. The fourth-order valence-corrected chi connectivity index (χ4v) is 2.71. The lowest BCUT2D eigenvalue weighted by Gasteiger charge is -2.45. The Kier molecular flexibility index (Phi) is 4.04. The number of benzene rings is 1. The molecule has 1 amide bonds. The predicted octanol–water partition coefficient (Wildman–Crippen LogP) is 1.24. The Morgan fingerprint density at radius 2 is 2.21 bits per heavy atom. The third-order valence-electron chi connectivity index (χ3n) is 3.52. The van der Waals surface area contributed by atoms with Crippen LogP contribution in [0.4, 0.5) is 10.1 Å². The monoisotopic (exact) mass is 266 g/mol. The quantitative estimate of drug-likeness (QED) is 0.895. The van der Waals surface area contributed by atoms with Crippen LogP contribution in [0, 0.1) is 5.82 Å².